The average molecular weight is 434 g/mol. The van der Waals surface area contributed by atoms with Crippen molar-refractivity contribution >= 4 is 33.6 Å². The number of ether oxygens (including phenoxy) is 1. The second-order valence-electron chi connectivity index (χ2n) is 8.13. The monoisotopic (exact) mass is 433 g/mol. The molecule has 2 aliphatic heterocycles. The first-order chi connectivity index (χ1) is 13.7. The van der Waals surface area contributed by atoms with Crippen molar-refractivity contribution in [3.63, 3.8) is 0 Å². The van der Waals surface area contributed by atoms with Gasteiger partial charge >= 0.3 is 11.9 Å². The first kappa shape index (κ1) is 19.0. The van der Waals surface area contributed by atoms with Crippen LogP contribution in [0.4, 0.5) is 0 Å². The fourth-order valence-corrected chi connectivity index (χ4v) is 7.08. The SMILES string of the molecule is Cc1ccc(S(=O)(=O)N2CCC3=CC4C=C(CC2)C3(Cl)C2C(=O)OC(=O)C42)cc1. The third-order valence-corrected chi connectivity index (χ3v) is 9.20. The average Bonchev–Trinajstić information content (AvgIpc) is 2.99. The Hall–Kier alpha value is -1.96. The maximum atomic E-state index is 13.1. The minimum Gasteiger partial charge on any atom is -0.393 e. The van der Waals surface area contributed by atoms with Gasteiger partial charge in [-0.1, -0.05) is 29.8 Å². The van der Waals surface area contributed by atoms with Gasteiger partial charge in [-0.2, -0.15) is 4.31 Å². The molecule has 2 heterocycles. The van der Waals surface area contributed by atoms with Crippen LogP contribution in [0.15, 0.2) is 52.5 Å². The molecule has 5 aliphatic rings. The molecule has 6 rings (SSSR count). The van der Waals surface area contributed by atoms with Gasteiger partial charge in [-0.25, -0.2) is 8.42 Å². The molecular formula is C21H20ClNO5S. The molecule has 4 bridgehead atoms. The van der Waals surface area contributed by atoms with Gasteiger partial charge in [-0.3, -0.25) is 9.59 Å². The molecule has 0 spiro atoms. The molecule has 152 valence electrons. The molecule has 0 aromatic heterocycles. The molecule has 2 unspecified atom stereocenters. The van der Waals surface area contributed by atoms with Gasteiger partial charge in [0.2, 0.25) is 10.0 Å². The Morgan fingerprint density at radius 1 is 1.03 bits per heavy atom. The number of esters is 2. The van der Waals surface area contributed by atoms with Crippen LogP contribution in [0.1, 0.15) is 18.4 Å². The molecule has 2 fully saturated rings. The predicted molar refractivity (Wildman–Crippen MR) is 105 cm³/mol. The van der Waals surface area contributed by atoms with E-state index < -0.39 is 38.7 Å². The fourth-order valence-electron chi connectivity index (χ4n) is 5.10. The van der Waals surface area contributed by atoms with E-state index in [4.69, 9.17) is 16.3 Å². The molecule has 0 radical (unpaired) electrons. The normalized spacial score (nSPS) is 34.1. The van der Waals surface area contributed by atoms with Crippen molar-refractivity contribution in [2.75, 3.05) is 13.1 Å². The first-order valence-electron chi connectivity index (χ1n) is 9.66. The Morgan fingerprint density at radius 3 is 2.21 bits per heavy atom. The fraction of sp³-hybridized carbons (Fsp3) is 0.429. The van der Waals surface area contributed by atoms with E-state index in [0.717, 1.165) is 16.7 Å². The summed E-state index contributed by atoms with van der Waals surface area (Å²) < 4.78 is 32.7. The Balaban J connectivity index is 1.48. The summed E-state index contributed by atoms with van der Waals surface area (Å²) >= 11 is 7.04. The molecule has 3 aliphatic carbocycles. The largest absolute Gasteiger partial charge is 0.393 e. The summed E-state index contributed by atoms with van der Waals surface area (Å²) in [6.45, 7) is 2.46. The van der Waals surface area contributed by atoms with E-state index in [1.54, 1.807) is 24.3 Å². The molecule has 0 amide bonds. The maximum Gasteiger partial charge on any atom is 0.319 e. The number of aryl methyl sites for hydroxylation is 1. The number of hydrogen-bond donors (Lipinski definition) is 0. The van der Waals surface area contributed by atoms with E-state index in [0.29, 0.717) is 12.8 Å². The predicted octanol–water partition coefficient (Wildman–Crippen LogP) is 2.57. The number of alkyl halides is 1. The zero-order chi connectivity index (χ0) is 20.6. The van der Waals surface area contributed by atoms with E-state index in [2.05, 4.69) is 0 Å². The lowest BCUT2D eigenvalue weighted by Crippen LogP contribution is -2.53. The number of nitrogens with zero attached hydrogens (tertiary/aromatic N) is 1. The second kappa shape index (κ2) is 6.27. The maximum absolute atomic E-state index is 13.1. The molecule has 2 atom stereocenters. The highest BCUT2D eigenvalue weighted by Crippen LogP contribution is 2.59. The minimum atomic E-state index is -3.63. The number of cyclic esters (lactones) is 2. The van der Waals surface area contributed by atoms with Gasteiger partial charge in [0, 0.05) is 19.0 Å². The summed E-state index contributed by atoms with van der Waals surface area (Å²) in [6.07, 6.45) is 4.68. The van der Waals surface area contributed by atoms with Crippen LogP contribution in [0.3, 0.4) is 0 Å². The molecule has 0 N–H and O–H groups in total. The zero-order valence-corrected chi connectivity index (χ0v) is 17.4. The van der Waals surface area contributed by atoms with Crippen LogP contribution in [0.25, 0.3) is 0 Å². The number of halogens is 1. The number of carbonyl (C=O) groups is 2. The van der Waals surface area contributed by atoms with E-state index >= 15 is 0 Å². The van der Waals surface area contributed by atoms with Gasteiger partial charge in [0.1, 0.15) is 4.87 Å². The van der Waals surface area contributed by atoms with Crippen LogP contribution >= 0.6 is 11.6 Å². The molecule has 6 nitrogen and oxygen atoms in total. The molecule has 0 saturated carbocycles. The summed E-state index contributed by atoms with van der Waals surface area (Å²) in [7, 11) is -3.63. The van der Waals surface area contributed by atoms with Gasteiger partial charge in [0.05, 0.1) is 16.7 Å². The van der Waals surface area contributed by atoms with Crippen LogP contribution in [0.2, 0.25) is 0 Å². The van der Waals surface area contributed by atoms with Crippen LogP contribution < -0.4 is 0 Å². The second-order valence-corrected chi connectivity index (χ2v) is 10.7. The smallest absolute Gasteiger partial charge is 0.319 e. The Morgan fingerprint density at radius 2 is 1.62 bits per heavy atom. The number of allylic oxidation sites excluding steroid dienone is 2. The number of sulfonamides is 1. The van der Waals surface area contributed by atoms with E-state index in [9.17, 15) is 18.0 Å². The zero-order valence-electron chi connectivity index (χ0n) is 15.8. The standard InChI is InChI=1S/C21H20ClNO5S/c1-12-2-4-16(5-3-12)29(26,27)23-8-6-14-10-13-11-15(7-9-23)21(14,22)18-17(13)19(24)28-20(18)25/h2-5,10-11,13,17-18H,6-9H2,1H3. The van der Waals surface area contributed by atoms with E-state index in [-0.39, 0.29) is 23.9 Å². The van der Waals surface area contributed by atoms with Crippen LogP contribution in [0, 0.1) is 24.7 Å². The molecule has 2 saturated heterocycles. The summed E-state index contributed by atoms with van der Waals surface area (Å²) in [6, 6.07) is 6.82. The van der Waals surface area contributed by atoms with Crippen molar-refractivity contribution in [1.29, 1.82) is 0 Å². The van der Waals surface area contributed by atoms with Gasteiger partial charge < -0.3 is 4.74 Å². The lowest BCUT2D eigenvalue weighted by atomic mass is 9.59. The third-order valence-electron chi connectivity index (χ3n) is 6.57. The topological polar surface area (TPSA) is 80.8 Å². The van der Waals surface area contributed by atoms with Gasteiger partial charge in [0.15, 0.2) is 0 Å². The molecule has 8 heteroatoms. The number of carbonyl (C=O) groups excluding carboxylic acids is 2. The Kier molecular flexibility index (Phi) is 4.11. The highest BCUT2D eigenvalue weighted by atomic mass is 35.5. The van der Waals surface area contributed by atoms with Crippen LogP contribution in [-0.4, -0.2) is 42.6 Å². The summed E-state index contributed by atoms with van der Waals surface area (Å²) in [5, 5.41) is 0. The molecule has 1 aromatic carbocycles. The summed E-state index contributed by atoms with van der Waals surface area (Å²) in [5.74, 6) is -2.59. The van der Waals surface area contributed by atoms with Crippen molar-refractivity contribution < 1.29 is 22.7 Å². The van der Waals surface area contributed by atoms with Crippen LogP contribution in [0.5, 0.6) is 0 Å². The summed E-state index contributed by atoms with van der Waals surface area (Å²) in [4.78, 5) is 23.7. The highest BCUT2D eigenvalue weighted by molar-refractivity contribution is 7.89. The van der Waals surface area contributed by atoms with Crippen molar-refractivity contribution in [2.24, 2.45) is 17.8 Å². The minimum absolute atomic E-state index is 0.218. The quantitative estimate of drug-likeness (QED) is 0.310. The van der Waals surface area contributed by atoms with Crippen molar-refractivity contribution in [3.8, 4) is 0 Å². The Bertz CT molecular complexity index is 1060. The van der Waals surface area contributed by atoms with E-state index in [1.807, 2.05) is 19.1 Å². The van der Waals surface area contributed by atoms with Gasteiger partial charge in [0.25, 0.3) is 0 Å². The number of benzene rings is 1. The van der Waals surface area contributed by atoms with Crippen LogP contribution in [-0.2, 0) is 24.3 Å². The molecule has 29 heavy (non-hydrogen) atoms. The Labute approximate surface area is 174 Å². The highest BCUT2D eigenvalue weighted by Gasteiger charge is 2.64. The lowest BCUT2D eigenvalue weighted by Gasteiger charge is -2.49. The summed E-state index contributed by atoms with van der Waals surface area (Å²) in [5.41, 5.74) is 2.63. The number of hydrogen-bond acceptors (Lipinski definition) is 5. The van der Waals surface area contributed by atoms with E-state index in [1.165, 1.54) is 4.31 Å². The van der Waals surface area contributed by atoms with Gasteiger partial charge in [-0.15, -0.1) is 11.6 Å². The third kappa shape index (κ3) is 2.60. The first-order valence-corrected chi connectivity index (χ1v) is 11.5. The van der Waals surface area contributed by atoms with Crippen molar-refractivity contribution in [3.05, 3.63) is 53.1 Å². The number of rotatable bonds is 2. The van der Waals surface area contributed by atoms with Crippen molar-refractivity contribution in [2.45, 2.75) is 29.5 Å². The van der Waals surface area contributed by atoms with Crippen molar-refractivity contribution in [1.82, 2.24) is 4.31 Å². The lowest BCUT2D eigenvalue weighted by molar-refractivity contribution is -0.153. The molecular weight excluding hydrogens is 414 g/mol. The van der Waals surface area contributed by atoms with Gasteiger partial charge in [-0.05, 0) is 43.0 Å². The molecule has 1 aromatic rings.